The average Bonchev–Trinajstić information content (AvgIpc) is 2.94. The molecule has 0 aromatic heterocycles. The van der Waals surface area contributed by atoms with Crippen molar-refractivity contribution in [2.45, 2.75) is 25.9 Å². The maximum Gasteiger partial charge on any atom is 0.191 e. The van der Waals surface area contributed by atoms with E-state index in [2.05, 4.69) is 22.5 Å². The van der Waals surface area contributed by atoms with Crippen LogP contribution in [0.4, 0.5) is 0 Å². The fourth-order valence-electron chi connectivity index (χ4n) is 2.32. The monoisotopic (exact) mass is 265 g/mol. The molecular weight excluding hydrogens is 250 g/mol. The van der Waals surface area contributed by atoms with Crippen molar-refractivity contribution >= 4 is 17.6 Å². The lowest BCUT2D eigenvalue weighted by Crippen LogP contribution is -2.37. The Bertz CT molecular complexity index is 501. The number of nitrogens with zero attached hydrogens (tertiary/aromatic N) is 1. The summed E-state index contributed by atoms with van der Waals surface area (Å²) in [6.07, 6.45) is 0.944. The van der Waals surface area contributed by atoms with E-state index in [-0.39, 0.29) is 0 Å². The molecule has 0 saturated heterocycles. The van der Waals surface area contributed by atoms with Crippen molar-refractivity contribution in [2.24, 2.45) is 4.99 Å². The van der Waals surface area contributed by atoms with E-state index in [1.807, 2.05) is 12.1 Å². The van der Waals surface area contributed by atoms with E-state index in [4.69, 9.17) is 16.3 Å². The highest BCUT2D eigenvalue weighted by atomic mass is 35.5. The van der Waals surface area contributed by atoms with Gasteiger partial charge in [-0.25, -0.2) is 0 Å². The number of ether oxygens (including phenoxy) is 1. The highest BCUT2D eigenvalue weighted by Gasteiger charge is 2.18. The molecule has 96 valence electrons. The largest absolute Gasteiger partial charge is 0.493 e. The summed E-state index contributed by atoms with van der Waals surface area (Å²) in [6.45, 7) is 4.37. The Morgan fingerprint density at radius 3 is 3.22 bits per heavy atom. The second-order valence-electron chi connectivity index (χ2n) is 4.74. The van der Waals surface area contributed by atoms with Gasteiger partial charge < -0.3 is 15.4 Å². The van der Waals surface area contributed by atoms with E-state index in [0.717, 1.165) is 41.9 Å². The van der Waals surface area contributed by atoms with Crippen LogP contribution in [-0.4, -0.2) is 25.2 Å². The SMILES string of the molecule is CC1CN=C(NCc2cc(Cl)cc3c2OCC3)N1. The molecule has 0 aliphatic carbocycles. The fraction of sp³-hybridized carbons (Fsp3) is 0.462. The number of aliphatic imine (C=N–C) groups is 1. The number of benzene rings is 1. The second-order valence-corrected chi connectivity index (χ2v) is 5.18. The molecule has 3 rings (SSSR count). The molecule has 0 amide bonds. The summed E-state index contributed by atoms with van der Waals surface area (Å²) < 4.78 is 5.66. The predicted molar refractivity (Wildman–Crippen MR) is 72.4 cm³/mol. The molecular formula is C13H16ClN3O. The molecule has 18 heavy (non-hydrogen) atoms. The van der Waals surface area contributed by atoms with Crippen molar-refractivity contribution in [2.75, 3.05) is 13.2 Å². The zero-order chi connectivity index (χ0) is 12.5. The molecule has 0 spiro atoms. The first-order valence-corrected chi connectivity index (χ1v) is 6.59. The summed E-state index contributed by atoms with van der Waals surface area (Å²) in [5.74, 6) is 1.84. The van der Waals surface area contributed by atoms with Gasteiger partial charge in [0.2, 0.25) is 0 Å². The first kappa shape index (κ1) is 11.7. The molecule has 2 N–H and O–H groups in total. The Morgan fingerprint density at radius 2 is 2.44 bits per heavy atom. The molecule has 2 heterocycles. The molecule has 0 radical (unpaired) electrons. The van der Waals surface area contributed by atoms with Crippen LogP contribution in [0.3, 0.4) is 0 Å². The number of guanidine groups is 1. The van der Waals surface area contributed by atoms with Gasteiger partial charge in [-0.05, 0) is 24.6 Å². The van der Waals surface area contributed by atoms with Crippen LogP contribution < -0.4 is 15.4 Å². The van der Waals surface area contributed by atoms with Gasteiger partial charge in [-0.1, -0.05) is 11.6 Å². The molecule has 0 bridgehead atoms. The van der Waals surface area contributed by atoms with Gasteiger partial charge in [-0.15, -0.1) is 0 Å². The summed E-state index contributed by atoms with van der Waals surface area (Å²) in [5, 5.41) is 7.33. The van der Waals surface area contributed by atoms with Gasteiger partial charge in [-0.2, -0.15) is 0 Å². The van der Waals surface area contributed by atoms with Crippen LogP contribution in [0.25, 0.3) is 0 Å². The first-order valence-electron chi connectivity index (χ1n) is 6.21. The Kier molecular flexibility index (Phi) is 3.04. The summed E-state index contributed by atoms with van der Waals surface area (Å²) >= 11 is 6.12. The third-order valence-electron chi connectivity index (χ3n) is 3.18. The third-order valence-corrected chi connectivity index (χ3v) is 3.40. The van der Waals surface area contributed by atoms with Gasteiger partial charge in [0.15, 0.2) is 5.96 Å². The molecule has 1 aromatic rings. The summed E-state index contributed by atoms with van der Waals surface area (Å²) in [6, 6.07) is 4.35. The van der Waals surface area contributed by atoms with E-state index < -0.39 is 0 Å². The molecule has 5 heteroatoms. The highest BCUT2D eigenvalue weighted by Crippen LogP contribution is 2.32. The van der Waals surface area contributed by atoms with Crippen molar-refractivity contribution in [1.82, 2.24) is 10.6 Å². The Balaban J connectivity index is 1.73. The van der Waals surface area contributed by atoms with Gasteiger partial charge in [0.05, 0.1) is 13.2 Å². The smallest absolute Gasteiger partial charge is 0.191 e. The first-order chi connectivity index (χ1) is 8.72. The van der Waals surface area contributed by atoms with Crippen LogP contribution in [0.15, 0.2) is 17.1 Å². The van der Waals surface area contributed by atoms with Crippen LogP contribution in [0.5, 0.6) is 5.75 Å². The molecule has 4 nitrogen and oxygen atoms in total. The van der Waals surface area contributed by atoms with Crippen LogP contribution in [0.2, 0.25) is 5.02 Å². The Hall–Kier alpha value is -1.42. The topological polar surface area (TPSA) is 45.7 Å². The molecule has 2 aliphatic rings. The van der Waals surface area contributed by atoms with Crippen LogP contribution in [0, 0.1) is 0 Å². The van der Waals surface area contributed by atoms with E-state index in [1.165, 1.54) is 5.56 Å². The number of rotatable bonds is 2. The summed E-state index contributed by atoms with van der Waals surface area (Å²) in [4.78, 5) is 4.37. The van der Waals surface area contributed by atoms with Crippen molar-refractivity contribution < 1.29 is 4.74 Å². The molecule has 1 unspecified atom stereocenters. The third kappa shape index (κ3) is 2.25. The van der Waals surface area contributed by atoms with E-state index in [0.29, 0.717) is 12.6 Å². The predicted octanol–water partition coefficient (Wildman–Crippen LogP) is 1.71. The molecule has 2 aliphatic heterocycles. The van der Waals surface area contributed by atoms with Crippen molar-refractivity contribution in [3.8, 4) is 5.75 Å². The zero-order valence-electron chi connectivity index (χ0n) is 10.3. The van der Waals surface area contributed by atoms with E-state index in [9.17, 15) is 0 Å². The van der Waals surface area contributed by atoms with Crippen molar-refractivity contribution in [1.29, 1.82) is 0 Å². The standard InChI is InChI=1S/C13H16ClN3O/c1-8-6-15-13(17-8)16-7-10-5-11(14)4-9-2-3-18-12(9)10/h4-5,8H,2-3,6-7H2,1H3,(H2,15,16,17). The minimum atomic E-state index is 0.411. The molecule has 0 saturated carbocycles. The Labute approximate surface area is 111 Å². The quantitative estimate of drug-likeness (QED) is 0.856. The van der Waals surface area contributed by atoms with E-state index >= 15 is 0 Å². The molecule has 0 fully saturated rings. The lowest BCUT2D eigenvalue weighted by Gasteiger charge is -2.12. The number of hydrogen-bond donors (Lipinski definition) is 2. The molecule has 1 atom stereocenters. The number of hydrogen-bond acceptors (Lipinski definition) is 4. The van der Waals surface area contributed by atoms with Crippen LogP contribution in [0.1, 0.15) is 18.1 Å². The second kappa shape index (κ2) is 4.69. The summed E-state index contributed by atoms with van der Waals surface area (Å²) in [7, 11) is 0. The highest BCUT2D eigenvalue weighted by molar-refractivity contribution is 6.30. The van der Waals surface area contributed by atoms with Gasteiger partial charge in [0.1, 0.15) is 5.75 Å². The van der Waals surface area contributed by atoms with Crippen LogP contribution >= 0.6 is 11.6 Å². The lowest BCUT2D eigenvalue weighted by molar-refractivity contribution is 0.353. The number of halogens is 1. The Morgan fingerprint density at radius 1 is 1.56 bits per heavy atom. The van der Waals surface area contributed by atoms with Crippen molar-refractivity contribution in [3.63, 3.8) is 0 Å². The fourth-order valence-corrected chi connectivity index (χ4v) is 2.58. The van der Waals surface area contributed by atoms with E-state index in [1.54, 1.807) is 0 Å². The number of fused-ring (bicyclic) bond motifs is 1. The number of nitrogens with one attached hydrogen (secondary N) is 2. The van der Waals surface area contributed by atoms with Crippen LogP contribution in [-0.2, 0) is 13.0 Å². The summed E-state index contributed by atoms with van der Waals surface area (Å²) in [5.41, 5.74) is 2.30. The lowest BCUT2D eigenvalue weighted by atomic mass is 10.1. The normalized spacial score (nSPS) is 21.0. The van der Waals surface area contributed by atoms with Gasteiger partial charge in [-0.3, -0.25) is 4.99 Å². The zero-order valence-corrected chi connectivity index (χ0v) is 11.0. The maximum absolute atomic E-state index is 6.12. The minimum absolute atomic E-state index is 0.411. The van der Waals surface area contributed by atoms with Gasteiger partial charge in [0.25, 0.3) is 0 Å². The molecule has 1 aromatic carbocycles. The van der Waals surface area contributed by atoms with Crippen molar-refractivity contribution in [3.05, 3.63) is 28.3 Å². The van der Waals surface area contributed by atoms with Gasteiger partial charge in [0, 0.05) is 29.6 Å². The average molecular weight is 266 g/mol. The maximum atomic E-state index is 6.12. The van der Waals surface area contributed by atoms with Gasteiger partial charge >= 0.3 is 0 Å². The minimum Gasteiger partial charge on any atom is -0.493 e.